The summed E-state index contributed by atoms with van der Waals surface area (Å²) in [4.78, 5) is 16.6. The Morgan fingerprint density at radius 2 is 1.84 bits per heavy atom. The monoisotopic (exact) mass is 519 g/mol. The molecule has 3 aromatic rings. The number of anilines is 1. The van der Waals surface area contributed by atoms with E-state index in [0.29, 0.717) is 13.2 Å². The second kappa shape index (κ2) is 10.7. The van der Waals surface area contributed by atoms with Crippen LogP contribution in [0.15, 0.2) is 24.4 Å². The van der Waals surface area contributed by atoms with E-state index in [9.17, 15) is 4.79 Å². The van der Waals surface area contributed by atoms with Crippen LogP contribution in [-0.4, -0.2) is 47.1 Å². The number of carbonyl (C=O) groups is 1. The number of pyridine rings is 1. The van der Waals surface area contributed by atoms with Gasteiger partial charge in [0.05, 0.1) is 17.9 Å². The molecule has 1 amide bonds. The van der Waals surface area contributed by atoms with Crippen LogP contribution in [-0.2, 0) is 17.6 Å². The van der Waals surface area contributed by atoms with Crippen molar-refractivity contribution in [3.8, 4) is 28.3 Å². The van der Waals surface area contributed by atoms with E-state index in [2.05, 4.69) is 52.9 Å². The topological polar surface area (TPSA) is 101 Å². The number of nitrogens with one attached hydrogen (secondary N) is 3. The number of amides is 1. The van der Waals surface area contributed by atoms with Gasteiger partial charge in [-0.05, 0) is 99.7 Å². The minimum atomic E-state index is -0.525. The van der Waals surface area contributed by atoms with E-state index in [0.717, 1.165) is 64.5 Å². The first-order valence-electron chi connectivity index (χ1n) is 13.3. The Hall–Kier alpha value is -3.55. The number of H-pyrrole nitrogens is 1. The Kier molecular flexibility index (Phi) is 7.72. The molecule has 0 atom stereocenters. The van der Waals surface area contributed by atoms with Gasteiger partial charge in [-0.15, -0.1) is 0 Å². The Bertz CT molecular complexity index is 1300. The number of alkyl carbamates (subject to hydrolysis) is 1. The van der Waals surface area contributed by atoms with Gasteiger partial charge >= 0.3 is 6.09 Å². The van der Waals surface area contributed by atoms with Crippen LogP contribution in [0.3, 0.4) is 0 Å². The van der Waals surface area contributed by atoms with Crippen LogP contribution in [0.5, 0.6) is 5.75 Å². The van der Waals surface area contributed by atoms with E-state index in [-0.39, 0.29) is 5.41 Å². The van der Waals surface area contributed by atoms with Crippen LogP contribution < -0.4 is 15.4 Å². The first-order chi connectivity index (χ1) is 17.9. The minimum absolute atomic E-state index is 0.267. The third-order valence-corrected chi connectivity index (χ3v) is 6.88. The number of aromatic nitrogens is 3. The smallest absolute Gasteiger partial charge is 0.407 e. The molecule has 0 saturated heterocycles. The van der Waals surface area contributed by atoms with Gasteiger partial charge in [-0.2, -0.15) is 5.10 Å². The first-order valence-corrected chi connectivity index (χ1v) is 13.3. The van der Waals surface area contributed by atoms with Gasteiger partial charge in [0.2, 0.25) is 0 Å². The lowest BCUT2D eigenvalue weighted by Crippen LogP contribution is -2.34. The summed E-state index contributed by atoms with van der Waals surface area (Å²) >= 11 is 0. The highest BCUT2D eigenvalue weighted by Gasteiger charge is 2.30. The molecule has 2 aromatic heterocycles. The zero-order valence-electron chi connectivity index (χ0n) is 24.0. The fourth-order valence-corrected chi connectivity index (χ4v) is 5.10. The van der Waals surface area contributed by atoms with Gasteiger partial charge in [-0.1, -0.05) is 13.8 Å². The van der Waals surface area contributed by atoms with Gasteiger partial charge in [0, 0.05) is 24.4 Å². The lowest BCUT2D eigenvalue weighted by molar-refractivity contribution is 0.0520. The summed E-state index contributed by atoms with van der Waals surface area (Å²) in [5, 5.41) is 13.9. The molecule has 0 aliphatic heterocycles. The number of hydrogen-bond acceptors (Lipinski definition) is 6. The average molecular weight is 520 g/mol. The van der Waals surface area contributed by atoms with Gasteiger partial charge in [-0.25, -0.2) is 9.78 Å². The quantitative estimate of drug-likeness (QED) is 0.321. The molecular formula is C30H41N5O3. The van der Waals surface area contributed by atoms with Crippen molar-refractivity contribution in [2.45, 2.75) is 73.3 Å². The van der Waals surface area contributed by atoms with E-state index in [4.69, 9.17) is 14.5 Å². The molecule has 4 rings (SSSR count). The molecule has 0 spiro atoms. The van der Waals surface area contributed by atoms with Gasteiger partial charge in [0.15, 0.2) is 0 Å². The number of aromatic amines is 1. The number of ether oxygens (including phenoxy) is 2. The van der Waals surface area contributed by atoms with Crippen molar-refractivity contribution in [2.75, 3.05) is 25.5 Å². The standard InChI is InChI=1S/C30H41N5O3/c1-18-13-20(14-19(2)26(18)37-12-11-32-28(36)38-29(3,4)5)24-15-25(35-34-24)23-17-33-27(31-8)22-16-30(6,7)10-9-21(22)23/h13-15,17H,9-12,16H2,1-8H3,(H,31,33)(H,32,36)(H,34,35). The molecule has 0 radical (unpaired) electrons. The Morgan fingerprint density at radius 3 is 2.50 bits per heavy atom. The number of aryl methyl sites for hydroxylation is 2. The van der Waals surface area contributed by atoms with E-state index < -0.39 is 11.7 Å². The van der Waals surface area contributed by atoms with E-state index in [1.165, 1.54) is 11.1 Å². The largest absolute Gasteiger partial charge is 0.491 e. The molecule has 8 heteroatoms. The number of carbonyl (C=O) groups excluding carboxylic acids is 1. The Morgan fingerprint density at radius 1 is 1.13 bits per heavy atom. The number of hydrogen-bond donors (Lipinski definition) is 3. The molecule has 0 fully saturated rings. The highest BCUT2D eigenvalue weighted by molar-refractivity contribution is 5.74. The molecule has 0 unspecified atom stereocenters. The van der Waals surface area contributed by atoms with E-state index in [1.807, 2.05) is 47.9 Å². The molecule has 1 aliphatic carbocycles. The lowest BCUT2D eigenvalue weighted by atomic mass is 9.73. The van der Waals surface area contributed by atoms with Crippen LogP contribution in [0, 0.1) is 19.3 Å². The Labute approximate surface area is 225 Å². The molecule has 38 heavy (non-hydrogen) atoms. The molecule has 1 aliphatic rings. The molecule has 2 heterocycles. The van der Waals surface area contributed by atoms with Gasteiger partial charge in [0.1, 0.15) is 23.8 Å². The summed E-state index contributed by atoms with van der Waals surface area (Å²) < 4.78 is 11.3. The van der Waals surface area contributed by atoms with Crippen molar-refractivity contribution in [3.63, 3.8) is 0 Å². The maximum atomic E-state index is 11.8. The predicted molar refractivity (Wildman–Crippen MR) is 152 cm³/mol. The molecule has 1 aromatic carbocycles. The molecule has 204 valence electrons. The zero-order chi connectivity index (χ0) is 27.7. The normalized spacial score (nSPS) is 14.5. The highest BCUT2D eigenvalue weighted by Crippen LogP contribution is 2.41. The van der Waals surface area contributed by atoms with E-state index in [1.54, 1.807) is 0 Å². The number of rotatable bonds is 7. The van der Waals surface area contributed by atoms with Crippen molar-refractivity contribution in [2.24, 2.45) is 5.41 Å². The third kappa shape index (κ3) is 6.29. The van der Waals surface area contributed by atoms with Crippen LogP contribution in [0.4, 0.5) is 10.6 Å². The second-order valence-corrected chi connectivity index (χ2v) is 12.0. The fourth-order valence-electron chi connectivity index (χ4n) is 5.10. The van der Waals surface area contributed by atoms with Crippen molar-refractivity contribution in [3.05, 3.63) is 46.6 Å². The van der Waals surface area contributed by atoms with Crippen LogP contribution in [0.25, 0.3) is 22.5 Å². The number of nitrogens with zero attached hydrogens (tertiary/aromatic N) is 2. The zero-order valence-corrected chi connectivity index (χ0v) is 24.0. The molecular weight excluding hydrogens is 478 g/mol. The summed E-state index contributed by atoms with van der Waals surface area (Å²) in [6.07, 6.45) is 4.69. The van der Waals surface area contributed by atoms with Crippen molar-refractivity contribution < 1.29 is 14.3 Å². The summed E-state index contributed by atoms with van der Waals surface area (Å²) in [6, 6.07) is 6.28. The number of fused-ring (bicyclic) bond motifs is 1. The molecule has 3 N–H and O–H groups in total. The maximum Gasteiger partial charge on any atom is 0.407 e. The molecule has 0 bridgehead atoms. The second-order valence-electron chi connectivity index (χ2n) is 12.0. The van der Waals surface area contributed by atoms with Crippen molar-refractivity contribution >= 4 is 11.9 Å². The summed E-state index contributed by atoms with van der Waals surface area (Å²) in [6.45, 7) is 14.9. The SMILES string of the molecule is CNc1ncc(-c2cc(-c3cc(C)c(OCCNC(=O)OC(C)(C)C)c(C)c3)n[nH]2)c2c1CC(C)(C)CC2. The van der Waals surface area contributed by atoms with Crippen LogP contribution >= 0.6 is 0 Å². The van der Waals surface area contributed by atoms with Gasteiger partial charge < -0.3 is 20.1 Å². The van der Waals surface area contributed by atoms with Crippen molar-refractivity contribution in [1.29, 1.82) is 0 Å². The van der Waals surface area contributed by atoms with Gasteiger partial charge in [0.25, 0.3) is 0 Å². The molecule has 8 nitrogen and oxygen atoms in total. The van der Waals surface area contributed by atoms with Gasteiger partial charge in [-0.3, -0.25) is 5.10 Å². The number of benzene rings is 1. The maximum absolute atomic E-state index is 11.8. The fraction of sp³-hybridized carbons (Fsp3) is 0.500. The lowest BCUT2D eigenvalue weighted by Gasteiger charge is -2.33. The Balaban J connectivity index is 1.49. The third-order valence-electron chi connectivity index (χ3n) is 6.88. The van der Waals surface area contributed by atoms with E-state index >= 15 is 0 Å². The average Bonchev–Trinajstić information content (AvgIpc) is 3.30. The minimum Gasteiger partial charge on any atom is -0.491 e. The summed E-state index contributed by atoms with van der Waals surface area (Å²) in [7, 11) is 1.94. The predicted octanol–water partition coefficient (Wildman–Crippen LogP) is 6.22. The van der Waals surface area contributed by atoms with Crippen LogP contribution in [0.1, 0.15) is 63.3 Å². The van der Waals surface area contributed by atoms with Crippen LogP contribution in [0.2, 0.25) is 0 Å². The first kappa shape index (κ1) is 27.5. The summed E-state index contributed by atoms with van der Waals surface area (Å²) in [5.41, 5.74) is 8.45. The molecule has 0 saturated carbocycles. The summed E-state index contributed by atoms with van der Waals surface area (Å²) in [5.74, 6) is 1.79. The highest BCUT2D eigenvalue weighted by atomic mass is 16.6. The van der Waals surface area contributed by atoms with Crippen molar-refractivity contribution in [1.82, 2.24) is 20.5 Å².